The molecule has 0 atom stereocenters. The summed E-state index contributed by atoms with van der Waals surface area (Å²) in [7, 11) is 1.57. The lowest BCUT2D eigenvalue weighted by Crippen LogP contribution is -2.37. The number of hydrogen-bond acceptors (Lipinski definition) is 3. The zero-order valence-electron chi connectivity index (χ0n) is 11.1. The van der Waals surface area contributed by atoms with Crippen LogP contribution < -0.4 is 11.2 Å². The Kier molecular flexibility index (Phi) is 2.88. The summed E-state index contributed by atoms with van der Waals surface area (Å²) in [6.07, 6.45) is 3.36. The van der Waals surface area contributed by atoms with Gasteiger partial charge >= 0.3 is 5.69 Å². The molecule has 0 aliphatic heterocycles. The number of nitrogens with one attached hydrogen (secondary N) is 1. The second-order valence-corrected chi connectivity index (χ2v) is 5.17. The van der Waals surface area contributed by atoms with Gasteiger partial charge in [0.05, 0.1) is 0 Å². The zero-order chi connectivity index (χ0) is 13.5. The van der Waals surface area contributed by atoms with E-state index in [-0.39, 0.29) is 16.8 Å². The van der Waals surface area contributed by atoms with Gasteiger partial charge in [0.25, 0.3) is 5.56 Å². The molecule has 0 bridgehead atoms. The molecule has 0 radical (unpaired) electrons. The highest BCUT2D eigenvalue weighted by molar-refractivity contribution is 5.68. The first kappa shape index (κ1) is 12.6. The fourth-order valence-corrected chi connectivity index (χ4v) is 2.29. The Balaban J connectivity index is 2.76. The topological polar surface area (TPSA) is 72.7 Å². The molecule has 2 rings (SSSR count). The summed E-state index contributed by atoms with van der Waals surface area (Å²) in [4.78, 5) is 30.6. The lowest BCUT2D eigenvalue weighted by Gasteiger charge is -2.26. The Morgan fingerprint density at radius 1 is 1.39 bits per heavy atom. The highest BCUT2D eigenvalue weighted by Crippen LogP contribution is 2.19. The Hall–Kier alpha value is -1.85. The highest BCUT2D eigenvalue weighted by Gasteiger charge is 2.22. The van der Waals surface area contributed by atoms with Crippen LogP contribution in [0.3, 0.4) is 0 Å². The smallest absolute Gasteiger partial charge is 0.292 e. The Labute approximate surface area is 104 Å². The van der Waals surface area contributed by atoms with Crippen LogP contribution in [0, 0.1) is 0 Å². The summed E-state index contributed by atoms with van der Waals surface area (Å²) < 4.78 is 2.91. The molecule has 2 heterocycles. The Bertz CT molecular complexity index is 690. The van der Waals surface area contributed by atoms with Crippen LogP contribution in [0.5, 0.6) is 0 Å². The first-order valence-electron chi connectivity index (χ1n) is 6.05. The van der Waals surface area contributed by atoms with E-state index < -0.39 is 0 Å². The summed E-state index contributed by atoms with van der Waals surface area (Å²) in [5.41, 5.74) is -0.136. The van der Waals surface area contributed by atoms with E-state index in [2.05, 4.69) is 16.9 Å². The molecular weight excluding hydrogens is 232 g/mol. The number of aryl methyl sites for hydroxylation is 1. The quantitative estimate of drug-likeness (QED) is 0.881. The molecule has 0 aliphatic rings. The van der Waals surface area contributed by atoms with Crippen molar-refractivity contribution in [3.63, 3.8) is 0 Å². The molecule has 6 nitrogen and oxygen atoms in total. The monoisotopic (exact) mass is 250 g/mol. The molecule has 1 N–H and O–H groups in total. The number of fused-ring (bicyclic) bond motifs is 1. The molecule has 0 aliphatic carbocycles. The molecule has 0 saturated heterocycles. The van der Waals surface area contributed by atoms with Crippen LogP contribution in [0.4, 0.5) is 0 Å². The van der Waals surface area contributed by atoms with Crippen LogP contribution in [0.2, 0.25) is 0 Å². The molecule has 2 aromatic heterocycles. The van der Waals surface area contributed by atoms with Crippen LogP contribution in [0.15, 0.2) is 15.9 Å². The van der Waals surface area contributed by atoms with E-state index in [0.717, 1.165) is 12.8 Å². The van der Waals surface area contributed by atoms with E-state index in [1.165, 1.54) is 10.9 Å². The Morgan fingerprint density at radius 2 is 2.06 bits per heavy atom. The maximum absolute atomic E-state index is 12.4. The van der Waals surface area contributed by atoms with Gasteiger partial charge in [-0.1, -0.05) is 13.3 Å². The molecular formula is C12H18N4O2. The fraction of sp³-hybridized carbons (Fsp3) is 0.583. The minimum atomic E-state index is -0.319. The number of hydrogen-bond donors (Lipinski definition) is 1. The summed E-state index contributed by atoms with van der Waals surface area (Å²) >= 11 is 0. The van der Waals surface area contributed by atoms with Crippen molar-refractivity contribution in [2.75, 3.05) is 0 Å². The van der Waals surface area contributed by atoms with Crippen LogP contribution in [0.25, 0.3) is 11.2 Å². The van der Waals surface area contributed by atoms with Crippen molar-refractivity contribution in [3.8, 4) is 0 Å². The number of H-pyrrole nitrogens is 1. The molecule has 0 unspecified atom stereocenters. The lowest BCUT2D eigenvalue weighted by atomic mass is 9.98. The molecule has 0 spiro atoms. The van der Waals surface area contributed by atoms with Gasteiger partial charge in [0.15, 0.2) is 11.2 Å². The van der Waals surface area contributed by atoms with Crippen LogP contribution in [-0.2, 0) is 12.6 Å². The van der Waals surface area contributed by atoms with E-state index in [4.69, 9.17) is 0 Å². The predicted octanol–water partition coefficient (Wildman–Crippen LogP) is 0.958. The molecule has 0 amide bonds. The van der Waals surface area contributed by atoms with Gasteiger partial charge in [0, 0.05) is 12.6 Å². The maximum atomic E-state index is 12.4. The van der Waals surface area contributed by atoms with E-state index in [1.54, 1.807) is 11.6 Å². The number of nitrogens with zero attached hydrogens (tertiary/aromatic N) is 3. The normalized spacial score (nSPS) is 12.2. The number of rotatable bonds is 3. The first-order valence-corrected chi connectivity index (χ1v) is 6.05. The average molecular weight is 250 g/mol. The molecule has 18 heavy (non-hydrogen) atoms. The molecule has 98 valence electrons. The third-order valence-electron chi connectivity index (χ3n) is 3.33. The molecule has 0 aromatic carbocycles. The largest absolute Gasteiger partial charge is 0.327 e. The third-order valence-corrected chi connectivity index (χ3v) is 3.33. The van der Waals surface area contributed by atoms with E-state index in [9.17, 15) is 9.59 Å². The second kappa shape index (κ2) is 4.12. The van der Waals surface area contributed by atoms with E-state index >= 15 is 0 Å². The summed E-state index contributed by atoms with van der Waals surface area (Å²) in [5.74, 6) is 0. The standard InChI is InChI=1S/C12H18N4O2/c1-5-6-12(2,3)16-7-13-9-8(10(16)17)15(4)11(18)14-9/h7H,5-6H2,1-4H3,(H,14,18). The van der Waals surface area contributed by atoms with Gasteiger partial charge < -0.3 is 0 Å². The van der Waals surface area contributed by atoms with Gasteiger partial charge in [-0.25, -0.2) is 9.78 Å². The molecule has 0 fully saturated rings. The van der Waals surface area contributed by atoms with E-state index in [0.29, 0.717) is 11.2 Å². The predicted molar refractivity (Wildman–Crippen MR) is 69.8 cm³/mol. The fourth-order valence-electron chi connectivity index (χ4n) is 2.29. The minimum Gasteiger partial charge on any atom is -0.292 e. The lowest BCUT2D eigenvalue weighted by molar-refractivity contribution is 0.312. The molecule has 6 heteroatoms. The summed E-state index contributed by atoms with van der Waals surface area (Å²) in [5, 5.41) is 0. The van der Waals surface area contributed by atoms with Gasteiger partial charge in [0.2, 0.25) is 0 Å². The van der Waals surface area contributed by atoms with Crippen molar-refractivity contribution >= 4 is 11.2 Å². The van der Waals surface area contributed by atoms with Gasteiger partial charge in [-0.15, -0.1) is 0 Å². The van der Waals surface area contributed by atoms with Crippen LogP contribution in [-0.4, -0.2) is 19.1 Å². The SMILES string of the molecule is CCCC(C)(C)n1cnc2[nH]c(=O)n(C)c2c1=O. The zero-order valence-corrected chi connectivity index (χ0v) is 11.1. The Morgan fingerprint density at radius 3 is 2.67 bits per heavy atom. The highest BCUT2D eigenvalue weighted by atomic mass is 16.2. The van der Waals surface area contributed by atoms with Crippen molar-refractivity contribution in [2.24, 2.45) is 7.05 Å². The number of aromatic nitrogens is 4. The van der Waals surface area contributed by atoms with Gasteiger partial charge in [0.1, 0.15) is 6.33 Å². The van der Waals surface area contributed by atoms with Gasteiger partial charge in [-0.3, -0.25) is 18.9 Å². The van der Waals surface area contributed by atoms with Crippen molar-refractivity contribution in [1.82, 2.24) is 19.1 Å². The van der Waals surface area contributed by atoms with Crippen molar-refractivity contribution in [1.29, 1.82) is 0 Å². The minimum absolute atomic E-state index is 0.181. The molecule has 2 aromatic rings. The number of aromatic amines is 1. The van der Waals surface area contributed by atoms with Crippen LogP contribution in [0.1, 0.15) is 33.6 Å². The average Bonchev–Trinajstić information content (AvgIpc) is 2.55. The van der Waals surface area contributed by atoms with E-state index in [1.807, 2.05) is 13.8 Å². The van der Waals surface area contributed by atoms with Gasteiger partial charge in [-0.2, -0.15) is 0 Å². The van der Waals surface area contributed by atoms with Crippen molar-refractivity contribution in [3.05, 3.63) is 27.2 Å². The van der Waals surface area contributed by atoms with Crippen molar-refractivity contribution in [2.45, 2.75) is 39.2 Å². The molecule has 0 saturated carbocycles. The number of imidazole rings is 1. The van der Waals surface area contributed by atoms with Crippen molar-refractivity contribution < 1.29 is 0 Å². The summed E-state index contributed by atoms with van der Waals surface area (Å²) in [6.45, 7) is 6.07. The summed E-state index contributed by atoms with van der Waals surface area (Å²) in [6, 6.07) is 0. The third kappa shape index (κ3) is 1.77. The van der Waals surface area contributed by atoms with Crippen LogP contribution >= 0.6 is 0 Å². The maximum Gasteiger partial charge on any atom is 0.327 e. The van der Waals surface area contributed by atoms with Gasteiger partial charge in [-0.05, 0) is 20.3 Å². The second-order valence-electron chi connectivity index (χ2n) is 5.17. The first-order chi connectivity index (χ1) is 8.38.